The van der Waals surface area contributed by atoms with Gasteiger partial charge in [0.15, 0.2) is 0 Å². The number of nitrogens with zero attached hydrogens (tertiary/aromatic N) is 1. The van der Waals surface area contributed by atoms with E-state index in [2.05, 4.69) is 35.0 Å². The Kier molecular flexibility index (Phi) is 4.33. The van der Waals surface area contributed by atoms with Crippen LogP contribution in [0.4, 0.5) is 0 Å². The molecule has 0 aliphatic carbocycles. The summed E-state index contributed by atoms with van der Waals surface area (Å²) < 4.78 is 7.45. The minimum Gasteiger partial charge on any atom is -0.496 e. The van der Waals surface area contributed by atoms with Crippen LogP contribution in [0.5, 0.6) is 5.75 Å². The molecule has 0 spiro atoms. The highest BCUT2D eigenvalue weighted by Gasteiger charge is 2.11. The Hall–Kier alpha value is -2.75. The van der Waals surface area contributed by atoms with E-state index < -0.39 is 0 Å². The van der Waals surface area contributed by atoms with Crippen molar-refractivity contribution in [2.45, 2.75) is 13.5 Å². The van der Waals surface area contributed by atoms with Crippen molar-refractivity contribution in [3.63, 3.8) is 0 Å². The van der Waals surface area contributed by atoms with Crippen LogP contribution in [-0.4, -0.2) is 24.1 Å². The van der Waals surface area contributed by atoms with Crippen molar-refractivity contribution in [3.05, 3.63) is 65.9 Å². The highest BCUT2D eigenvalue weighted by molar-refractivity contribution is 5.96. The molecule has 1 aromatic heterocycles. The standard InChI is InChI=1S/C19H20N2O2/c1-14-13-15-7-3-5-9-17(15)21(14)12-11-20-19(22)16-8-4-6-10-18(16)23-2/h3-10,13H,11-12H2,1-2H3,(H,20,22). The minimum atomic E-state index is -0.114. The molecule has 0 saturated heterocycles. The molecule has 0 saturated carbocycles. The number of amides is 1. The lowest BCUT2D eigenvalue weighted by atomic mass is 10.2. The summed E-state index contributed by atoms with van der Waals surface area (Å²) in [6, 6.07) is 17.7. The number of aromatic nitrogens is 1. The summed E-state index contributed by atoms with van der Waals surface area (Å²) in [5.74, 6) is 0.476. The molecule has 4 heteroatoms. The van der Waals surface area contributed by atoms with E-state index in [0.29, 0.717) is 17.9 Å². The van der Waals surface area contributed by atoms with Crippen LogP contribution in [0.25, 0.3) is 10.9 Å². The number of carbonyl (C=O) groups is 1. The molecular formula is C19H20N2O2. The first-order chi connectivity index (χ1) is 11.2. The maximum Gasteiger partial charge on any atom is 0.255 e. The predicted octanol–water partition coefficient (Wildman–Crippen LogP) is 3.39. The third-order valence-corrected chi connectivity index (χ3v) is 3.99. The van der Waals surface area contributed by atoms with Gasteiger partial charge in [0.05, 0.1) is 12.7 Å². The Morgan fingerprint density at radius 3 is 2.70 bits per heavy atom. The van der Waals surface area contributed by atoms with Crippen molar-refractivity contribution in [3.8, 4) is 5.75 Å². The topological polar surface area (TPSA) is 43.3 Å². The van der Waals surface area contributed by atoms with Crippen LogP contribution in [0.3, 0.4) is 0 Å². The summed E-state index contributed by atoms with van der Waals surface area (Å²) >= 11 is 0. The monoisotopic (exact) mass is 308 g/mol. The van der Waals surface area contributed by atoms with Crippen molar-refractivity contribution in [1.82, 2.24) is 9.88 Å². The maximum absolute atomic E-state index is 12.3. The Bertz CT molecular complexity index is 836. The number of benzene rings is 2. The summed E-state index contributed by atoms with van der Waals surface area (Å²) in [5.41, 5.74) is 2.94. The van der Waals surface area contributed by atoms with Crippen LogP contribution in [0, 0.1) is 6.92 Å². The molecule has 1 amide bonds. The van der Waals surface area contributed by atoms with Crippen LogP contribution in [0.2, 0.25) is 0 Å². The molecule has 0 fully saturated rings. The average molecular weight is 308 g/mol. The summed E-state index contributed by atoms with van der Waals surface area (Å²) in [6.45, 7) is 3.39. The molecule has 0 atom stereocenters. The number of para-hydroxylation sites is 2. The number of carbonyl (C=O) groups excluding carboxylic acids is 1. The van der Waals surface area contributed by atoms with Gasteiger partial charge in [-0.05, 0) is 36.6 Å². The van der Waals surface area contributed by atoms with Crippen molar-refractivity contribution in [1.29, 1.82) is 0 Å². The molecule has 3 aromatic rings. The minimum absolute atomic E-state index is 0.114. The number of ether oxygens (including phenoxy) is 1. The second-order valence-electron chi connectivity index (χ2n) is 5.45. The van der Waals surface area contributed by atoms with Crippen LogP contribution < -0.4 is 10.1 Å². The fourth-order valence-corrected chi connectivity index (χ4v) is 2.85. The van der Waals surface area contributed by atoms with Gasteiger partial charge >= 0.3 is 0 Å². The molecule has 2 aromatic carbocycles. The number of methoxy groups -OCH3 is 1. The summed E-state index contributed by atoms with van der Waals surface area (Å²) in [7, 11) is 1.57. The molecule has 0 bridgehead atoms. The van der Waals surface area contributed by atoms with E-state index in [1.165, 1.54) is 16.6 Å². The molecule has 0 aliphatic heterocycles. The van der Waals surface area contributed by atoms with E-state index in [0.717, 1.165) is 6.54 Å². The highest BCUT2D eigenvalue weighted by atomic mass is 16.5. The number of aryl methyl sites for hydroxylation is 1. The first-order valence-electron chi connectivity index (χ1n) is 7.67. The third kappa shape index (κ3) is 3.06. The quantitative estimate of drug-likeness (QED) is 0.785. The average Bonchev–Trinajstić information content (AvgIpc) is 2.90. The van der Waals surface area contributed by atoms with Gasteiger partial charge in [-0.3, -0.25) is 4.79 Å². The van der Waals surface area contributed by atoms with Gasteiger partial charge in [0, 0.05) is 24.3 Å². The molecule has 3 rings (SSSR count). The molecule has 4 nitrogen and oxygen atoms in total. The first-order valence-corrected chi connectivity index (χ1v) is 7.67. The maximum atomic E-state index is 12.3. The van der Waals surface area contributed by atoms with Gasteiger partial charge in [-0.25, -0.2) is 0 Å². The molecule has 1 N–H and O–H groups in total. The van der Waals surface area contributed by atoms with Gasteiger partial charge in [0.25, 0.3) is 5.91 Å². The molecule has 118 valence electrons. The molecular weight excluding hydrogens is 288 g/mol. The molecule has 23 heavy (non-hydrogen) atoms. The normalized spacial score (nSPS) is 10.7. The zero-order valence-electron chi connectivity index (χ0n) is 13.4. The predicted molar refractivity (Wildman–Crippen MR) is 92.0 cm³/mol. The van der Waals surface area contributed by atoms with E-state index in [9.17, 15) is 4.79 Å². The fourth-order valence-electron chi connectivity index (χ4n) is 2.85. The van der Waals surface area contributed by atoms with Crippen LogP contribution in [0.15, 0.2) is 54.6 Å². The van der Waals surface area contributed by atoms with Gasteiger partial charge in [0.1, 0.15) is 5.75 Å². The number of hydrogen-bond acceptors (Lipinski definition) is 2. The van der Waals surface area contributed by atoms with Gasteiger partial charge < -0.3 is 14.6 Å². The summed E-state index contributed by atoms with van der Waals surface area (Å²) in [5, 5.41) is 4.19. The smallest absolute Gasteiger partial charge is 0.255 e. The largest absolute Gasteiger partial charge is 0.496 e. The highest BCUT2D eigenvalue weighted by Crippen LogP contribution is 2.19. The lowest BCUT2D eigenvalue weighted by Gasteiger charge is -2.11. The number of fused-ring (bicyclic) bond motifs is 1. The van der Waals surface area contributed by atoms with Crippen molar-refractivity contribution in [2.24, 2.45) is 0 Å². The molecule has 0 unspecified atom stereocenters. The van der Waals surface area contributed by atoms with E-state index in [1.54, 1.807) is 19.2 Å². The Morgan fingerprint density at radius 2 is 1.87 bits per heavy atom. The van der Waals surface area contributed by atoms with Gasteiger partial charge in [0.2, 0.25) is 0 Å². The molecule has 0 aliphatic rings. The Labute approximate surface area is 135 Å². The van der Waals surface area contributed by atoms with Crippen LogP contribution >= 0.6 is 0 Å². The van der Waals surface area contributed by atoms with Crippen LogP contribution in [-0.2, 0) is 6.54 Å². The Balaban J connectivity index is 1.69. The van der Waals surface area contributed by atoms with Crippen LogP contribution in [0.1, 0.15) is 16.1 Å². The SMILES string of the molecule is COc1ccccc1C(=O)NCCn1c(C)cc2ccccc21. The van der Waals surface area contributed by atoms with Crippen molar-refractivity contribution < 1.29 is 9.53 Å². The van der Waals surface area contributed by atoms with Crippen molar-refractivity contribution in [2.75, 3.05) is 13.7 Å². The van der Waals surface area contributed by atoms with E-state index >= 15 is 0 Å². The van der Waals surface area contributed by atoms with Gasteiger partial charge in [-0.1, -0.05) is 30.3 Å². The number of hydrogen-bond donors (Lipinski definition) is 1. The second kappa shape index (κ2) is 6.57. The van der Waals surface area contributed by atoms with Gasteiger partial charge in [-0.2, -0.15) is 0 Å². The summed E-state index contributed by atoms with van der Waals surface area (Å²) in [4.78, 5) is 12.3. The fraction of sp³-hybridized carbons (Fsp3) is 0.211. The third-order valence-electron chi connectivity index (χ3n) is 3.99. The lowest BCUT2D eigenvalue weighted by molar-refractivity contribution is 0.0949. The first kappa shape index (κ1) is 15.2. The lowest BCUT2D eigenvalue weighted by Crippen LogP contribution is -2.27. The Morgan fingerprint density at radius 1 is 1.13 bits per heavy atom. The van der Waals surface area contributed by atoms with E-state index in [-0.39, 0.29) is 5.91 Å². The molecule has 0 radical (unpaired) electrons. The second-order valence-corrected chi connectivity index (χ2v) is 5.45. The zero-order valence-corrected chi connectivity index (χ0v) is 13.4. The number of rotatable bonds is 5. The van der Waals surface area contributed by atoms with Crippen molar-refractivity contribution >= 4 is 16.8 Å². The molecule has 1 heterocycles. The van der Waals surface area contributed by atoms with E-state index in [1.807, 2.05) is 24.3 Å². The zero-order chi connectivity index (χ0) is 16.2. The summed E-state index contributed by atoms with van der Waals surface area (Å²) in [6.07, 6.45) is 0. The van der Waals surface area contributed by atoms with Gasteiger partial charge in [-0.15, -0.1) is 0 Å². The van der Waals surface area contributed by atoms with E-state index in [4.69, 9.17) is 4.74 Å². The number of nitrogens with one attached hydrogen (secondary N) is 1.